The van der Waals surface area contributed by atoms with E-state index >= 15 is 0 Å². The molecule has 0 fully saturated rings. The summed E-state index contributed by atoms with van der Waals surface area (Å²) in [7, 11) is 0. The smallest absolute Gasteiger partial charge is 0.366 e. The van der Waals surface area contributed by atoms with Gasteiger partial charge in [0.25, 0.3) is 0 Å². The van der Waals surface area contributed by atoms with Gasteiger partial charge in [0, 0.05) is 25.0 Å². The highest BCUT2D eigenvalue weighted by molar-refractivity contribution is 6.29. The molecule has 0 unspecified atom stereocenters. The van der Waals surface area contributed by atoms with Crippen molar-refractivity contribution in [3.8, 4) is 0 Å². The van der Waals surface area contributed by atoms with Crippen LogP contribution >= 0.6 is 11.6 Å². The second-order valence-corrected chi connectivity index (χ2v) is 4.00. The molecule has 0 atom stereocenters. The van der Waals surface area contributed by atoms with E-state index in [-0.39, 0.29) is 11.0 Å². The van der Waals surface area contributed by atoms with Gasteiger partial charge in [-0.2, -0.15) is 13.2 Å². The fourth-order valence-corrected chi connectivity index (χ4v) is 1.51. The lowest BCUT2D eigenvalue weighted by Crippen LogP contribution is -2.13. The first kappa shape index (κ1) is 13.5. The minimum absolute atomic E-state index is 0.0104. The molecule has 0 saturated carbocycles. The Labute approximate surface area is 111 Å². The van der Waals surface area contributed by atoms with E-state index in [1.165, 1.54) is 6.07 Å². The van der Waals surface area contributed by atoms with Crippen molar-refractivity contribution in [1.82, 2.24) is 15.0 Å². The van der Waals surface area contributed by atoms with Crippen LogP contribution in [0, 0.1) is 0 Å². The topological polar surface area (TPSA) is 50.7 Å². The van der Waals surface area contributed by atoms with Crippen molar-refractivity contribution < 1.29 is 13.2 Å². The van der Waals surface area contributed by atoms with Gasteiger partial charge in [0.1, 0.15) is 11.0 Å². The second-order valence-electron chi connectivity index (χ2n) is 3.61. The molecule has 4 nitrogen and oxygen atoms in total. The van der Waals surface area contributed by atoms with Crippen LogP contribution in [0.1, 0.15) is 11.4 Å². The molecule has 2 heterocycles. The van der Waals surface area contributed by atoms with Crippen LogP contribution in [0.4, 0.5) is 19.0 Å². The summed E-state index contributed by atoms with van der Waals surface area (Å²) in [5.74, 6) is -1.26. The van der Waals surface area contributed by atoms with E-state index in [0.717, 1.165) is 5.56 Å². The minimum Gasteiger partial charge on any atom is -0.366 e. The van der Waals surface area contributed by atoms with Gasteiger partial charge in [0.15, 0.2) is 0 Å². The van der Waals surface area contributed by atoms with Crippen LogP contribution in [-0.4, -0.2) is 15.0 Å². The van der Waals surface area contributed by atoms with Crippen LogP contribution in [0.5, 0.6) is 0 Å². The second kappa shape index (κ2) is 5.40. The molecule has 2 aromatic heterocycles. The summed E-state index contributed by atoms with van der Waals surface area (Å²) in [4.78, 5) is 10.4. The van der Waals surface area contributed by atoms with E-state index in [9.17, 15) is 13.2 Å². The number of nitrogens with zero attached hydrogens (tertiary/aromatic N) is 3. The standard InChI is InChI=1S/C11H8ClF3N4/c12-8-4-9(19-10(18-8)11(13,14)15)17-6-7-2-1-3-16-5-7/h1-5H,6H2,(H,17,18,19). The number of pyridine rings is 1. The molecule has 0 aliphatic carbocycles. The molecule has 0 radical (unpaired) electrons. The molecule has 0 spiro atoms. The fourth-order valence-electron chi connectivity index (χ4n) is 1.33. The summed E-state index contributed by atoms with van der Waals surface area (Å²) in [6.45, 7) is 0.290. The Bertz CT molecular complexity index is 560. The maximum Gasteiger partial charge on any atom is 0.451 e. The third-order valence-corrected chi connectivity index (χ3v) is 2.34. The summed E-state index contributed by atoms with van der Waals surface area (Å²) in [6, 6.07) is 4.74. The molecule has 0 aromatic carbocycles. The van der Waals surface area contributed by atoms with Crippen molar-refractivity contribution in [2.75, 3.05) is 5.32 Å². The number of anilines is 1. The molecule has 0 saturated heterocycles. The largest absolute Gasteiger partial charge is 0.451 e. The Morgan fingerprint density at radius 1 is 1.26 bits per heavy atom. The summed E-state index contributed by atoms with van der Waals surface area (Å²) in [5, 5.41) is 2.47. The maximum absolute atomic E-state index is 12.5. The predicted molar refractivity (Wildman–Crippen MR) is 63.6 cm³/mol. The highest BCUT2D eigenvalue weighted by Gasteiger charge is 2.35. The van der Waals surface area contributed by atoms with Gasteiger partial charge < -0.3 is 5.32 Å². The van der Waals surface area contributed by atoms with Crippen molar-refractivity contribution in [1.29, 1.82) is 0 Å². The van der Waals surface area contributed by atoms with E-state index in [1.54, 1.807) is 24.5 Å². The van der Waals surface area contributed by atoms with Gasteiger partial charge in [-0.3, -0.25) is 4.98 Å². The van der Waals surface area contributed by atoms with Gasteiger partial charge in [0.2, 0.25) is 5.82 Å². The summed E-state index contributed by atoms with van der Waals surface area (Å²) in [5.41, 5.74) is 0.811. The molecular weight excluding hydrogens is 281 g/mol. The summed E-state index contributed by atoms with van der Waals surface area (Å²) in [6.07, 6.45) is -1.43. The molecule has 0 amide bonds. The van der Waals surface area contributed by atoms with Crippen LogP contribution in [0.25, 0.3) is 0 Å². The zero-order chi connectivity index (χ0) is 13.9. The minimum atomic E-state index is -4.63. The summed E-state index contributed by atoms with van der Waals surface area (Å²) < 4.78 is 37.5. The highest BCUT2D eigenvalue weighted by atomic mass is 35.5. The quantitative estimate of drug-likeness (QED) is 0.882. The SMILES string of the molecule is FC(F)(F)c1nc(Cl)cc(NCc2cccnc2)n1. The normalized spacial score (nSPS) is 11.4. The Hall–Kier alpha value is -1.89. The zero-order valence-corrected chi connectivity index (χ0v) is 10.2. The molecule has 0 aliphatic rings. The van der Waals surface area contributed by atoms with E-state index in [0.29, 0.717) is 6.54 Å². The average Bonchev–Trinajstić information content (AvgIpc) is 2.36. The first-order valence-electron chi connectivity index (χ1n) is 5.20. The van der Waals surface area contributed by atoms with Crippen LogP contribution in [0.3, 0.4) is 0 Å². The lowest BCUT2D eigenvalue weighted by Gasteiger charge is -2.09. The van der Waals surface area contributed by atoms with Crippen LogP contribution in [-0.2, 0) is 12.7 Å². The molecule has 1 N–H and O–H groups in total. The van der Waals surface area contributed by atoms with Gasteiger partial charge in [-0.05, 0) is 11.6 Å². The number of aromatic nitrogens is 3. The molecule has 0 bridgehead atoms. The third kappa shape index (κ3) is 3.78. The summed E-state index contributed by atoms with van der Waals surface area (Å²) >= 11 is 5.53. The van der Waals surface area contributed by atoms with E-state index in [2.05, 4.69) is 20.3 Å². The molecule has 0 aliphatic heterocycles. The zero-order valence-electron chi connectivity index (χ0n) is 9.45. The Balaban J connectivity index is 2.15. The number of halogens is 4. The number of nitrogens with one attached hydrogen (secondary N) is 1. The Kier molecular flexibility index (Phi) is 3.84. The average molecular weight is 289 g/mol. The van der Waals surface area contributed by atoms with Gasteiger partial charge in [0.05, 0.1) is 0 Å². The van der Waals surface area contributed by atoms with Crippen LogP contribution < -0.4 is 5.32 Å². The lowest BCUT2D eigenvalue weighted by atomic mass is 10.3. The van der Waals surface area contributed by atoms with E-state index < -0.39 is 12.0 Å². The van der Waals surface area contributed by atoms with Crippen LogP contribution in [0.15, 0.2) is 30.6 Å². The van der Waals surface area contributed by atoms with E-state index in [4.69, 9.17) is 11.6 Å². The molecule has 19 heavy (non-hydrogen) atoms. The molecule has 100 valence electrons. The van der Waals surface area contributed by atoms with Crippen molar-refractivity contribution in [2.24, 2.45) is 0 Å². The molecule has 2 rings (SSSR count). The van der Waals surface area contributed by atoms with E-state index in [1.807, 2.05) is 0 Å². The first-order chi connectivity index (χ1) is 8.95. The van der Waals surface area contributed by atoms with Crippen molar-refractivity contribution in [2.45, 2.75) is 12.7 Å². The molecular formula is C11H8ClF3N4. The Morgan fingerprint density at radius 2 is 2.05 bits per heavy atom. The number of hydrogen-bond acceptors (Lipinski definition) is 4. The maximum atomic E-state index is 12.5. The fraction of sp³-hybridized carbons (Fsp3) is 0.182. The monoisotopic (exact) mass is 288 g/mol. The highest BCUT2D eigenvalue weighted by Crippen LogP contribution is 2.28. The van der Waals surface area contributed by atoms with Crippen molar-refractivity contribution in [3.05, 3.63) is 47.1 Å². The van der Waals surface area contributed by atoms with Crippen LogP contribution in [0.2, 0.25) is 5.15 Å². The van der Waals surface area contributed by atoms with Gasteiger partial charge >= 0.3 is 6.18 Å². The first-order valence-corrected chi connectivity index (χ1v) is 5.57. The molecule has 8 heteroatoms. The van der Waals surface area contributed by atoms with Crippen molar-refractivity contribution >= 4 is 17.4 Å². The molecule has 2 aromatic rings. The van der Waals surface area contributed by atoms with Crippen molar-refractivity contribution in [3.63, 3.8) is 0 Å². The van der Waals surface area contributed by atoms with Gasteiger partial charge in [-0.1, -0.05) is 17.7 Å². The lowest BCUT2D eigenvalue weighted by molar-refractivity contribution is -0.144. The third-order valence-electron chi connectivity index (χ3n) is 2.14. The predicted octanol–water partition coefficient (Wildman–Crippen LogP) is 3.16. The van der Waals surface area contributed by atoms with Gasteiger partial charge in [-0.25, -0.2) is 9.97 Å². The number of alkyl halides is 3. The number of rotatable bonds is 3. The Morgan fingerprint density at radius 3 is 2.68 bits per heavy atom. The van der Waals surface area contributed by atoms with Gasteiger partial charge in [-0.15, -0.1) is 0 Å². The number of hydrogen-bond donors (Lipinski definition) is 1.